The van der Waals surface area contributed by atoms with Crippen molar-refractivity contribution in [1.29, 1.82) is 0 Å². The minimum atomic E-state index is -1.68. The van der Waals surface area contributed by atoms with Crippen LogP contribution in [0, 0.1) is 0 Å². The van der Waals surface area contributed by atoms with Crippen LogP contribution in [-0.4, -0.2) is 39.4 Å². The third-order valence-corrected chi connectivity index (χ3v) is 5.78. The van der Waals surface area contributed by atoms with E-state index in [0.29, 0.717) is 6.42 Å². The van der Waals surface area contributed by atoms with Gasteiger partial charge in [-0.2, -0.15) is 0 Å². The predicted octanol–water partition coefficient (Wildman–Crippen LogP) is 5.70. The molecular weight excluding hydrogens is 352 g/mol. The van der Waals surface area contributed by atoms with Crippen LogP contribution in [0.5, 0.6) is 0 Å². The van der Waals surface area contributed by atoms with Gasteiger partial charge < -0.3 is 15.3 Å². The summed E-state index contributed by atoms with van der Waals surface area (Å²) in [5.41, 5.74) is -1.68. The van der Waals surface area contributed by atoms with Gasteiger partial charge in [-0.3, -0.25) is 4.79 Å². The smallest absolute Gasteiger partial charge is 0.132 e. The minimum Gasteiger partial charge on any atom is -0.393 e. The molecule has 0 aliphatic heterocycles. The van der Waals surface area contributed by atoms with Gasteiger partial charge >= 0.3 is 0 Å². The van der Waals surface area contributed by atoms with Crippen LogP contribution in [0.25, 0.3) is 0 Å². The quantitative estimate of drug-likeness (QED) is 0.216. The number of unbranched alkanes of at least 4 members (excludes halogenated alkanes) is 15. The van der Waals surface area contributed by atoms with Crippen molar-refractivity contribution in [3.63, 3.8) is 0 Å². The number of aliphatic hydroxyl groups is 3. The number of ketones is 1. The number of Topliss-reactive ketones (excluding diaryl/α,β-unsaturated/α-hetero) is 1. The molecule has 0 fully saturated rings. The summed E-state index contributed by atoms with van der Waals surface area (Å²) in [6.45, 7) is 3.05. The maximum absolute atomic E-state index is 11.2. The van der Waals surface area contributed by atoms with Gasteiger partial charge in [0.25, 0.3) is 0 Å². The molecule has 168 valence electrons. The normalized spacial score (nSPS) is 14.8. The molecule has 2 atom stereocenters. The molecule has 28 heavy (non-hydrogen) atoms. The second kappa shape index (κ2) is 18.6. The lowest BCUT2D eigenvalue weighted by Crippen LogP contribution is -2.47. The molecule has 4 heteroatoms. The molecule has 0 amide bonds. The molecule has 0 saturated heterocycles. The maximum atomic E-state index is 11.2. The largest absolute Gasteiger partial charge is 0.393 e. The zero-order valence-corrected chi connectivity index (χ0v) is 18.8. The van der Waals surface area contributed by atoms with Crippen molar-refractivity contribution in [1.82, 2.24) is 0 Å². The van der Waals surface area contributed by atoms with Crippen LogP contribution >= 0.6 is 0 Å². The molecule has 0 saturated carbocycles. The Morgan fingerprint density at radius 3 is 1.43 bits per heavy atom. The van der Waals surface area contributed by atoms with Crippen LogP contribution < -0.4 is 0 Å². The highest BCUT2D eigenvalue weighted by atomic mass is 16.4. The first-order valence-corrected chi connectivity index (χ1v) is 12.0. The zero-order valence-electron chi connectivity index (χ0n) is 18.8. The van der Waals surface area contributed by atoms with Crippen LogP contribution in [0.2, 0.25) is 0 Å². The van der Waals surface area contributed by atoms with E-state index in [1.54, 1.807) is 0 Å². The molecule has 0 aromatic heterocycles. The number of carbonyl (C=O) groups excluding carboxylic acids is 1. The fourth-order valence-corrected chi connectivity index (χ4v) is 3.86. The first kappa shape index (κ1) is 27.5. The molecule has 0 aliphatic rings. The highest BCUT2D eigenvalue weighted by Crippen LogP contribution is 2.21. The molecule has 0 spiro atoms. The van der Waals surface area contributed by atoms with Crippen LogP contribution in [0.15, 0.2) is 0 Å². The lowest BCUT2D eigenvalue weighted by atomic mass is 9.88. The number of hydrogen-bond donors (Lipinski definition) is 3. The van der Waals surface area contributed by atoms with Gasteiger partial charge in [0.1, 0.15) is 11.4 Å². The molecule has 0 aromatic carbocycles. The molecular formula is C24H48O4. The number of hydrogen-bond acceptors (Lipinski definition) is 4. The summed E-state index contributed by atoms with van der Waals surface area (Å²) in [5.74, 6) is -0.220. The van der Waals surface area contributed by atoms with E-state index in [1.165, 1.54) is 90.4 Å². The van der Waals surface area contributed by atoms with E-state index in [9.17, 15) is 20.1 Å². The Labute approximate surface area is 174 Å². The van der Waals surface area contributed by atoms with Crippen LogP contribution in [0.1, 0.15) is 129 Å². The molecule has 4 nitrogen and oxygen atoms in total. The second-order valence-corrected chi connectivity index (χ2v) is 8.75. The molecule has 0 rings (SSSR count). The summed E-state index contributed by atoms with van der Waals surface area (Å²) in [4.78, 5) is 11.2. The van der Waals surface area contributed by atoms with E-state index in [-0.39, 0.29) is 12.2 Å². The molecule has 0 bridgehead atoms. The summed E-state index contributed by atoms with van der Waals surface area (Å²) < 4.78 is 0. The Morgan fingerprint density at radius 1 is 0.750 bits per heavy atom. The zero-order chi connectivity index (χ0) is 21.1. The van der Waals surface area contributed by atoms with E-state index in [1.807, 2.05) is 0 Å². The highest BCUT2D eigenvalue weighted by Gasteiger charge is 2.35. The van der Waals surface area contributed by atoms with Crippen molar-refractivity contribution < 1.29 is 20.1 Å². The fraction of sp³-hybridized carbons (Fsp3) is 0.958. The Bertz CT molecular complexity index is 359. The third-order valence-electron chi connectivity index (χ3n) is 5.78. The van der Waals surface area contributed by atoms with Crippen molar-refractivity contribution in [2.75, 3.05) is 6.61 Å². The van der Waals surface area contributed by atoms with Crippen molar-refractivity contribution in [2.24, 2.45) is 0 Å². The average molecular weight is 401 g/mol. The molecule has 0 radical (unpaired) electrons. The van der Waals surface area contributed by atoms with Crippen LogP contribution in [-0.2, 0) is 4.79 Å². The van der Waals surface area contributed by atoms with Gasteiger partial charge in [-0.1, -0.05) is 110 Å². The molecule has 0 aromatic rings. The van der Waals surface area contributed by atoms with Gasteiger partial charge in [0.15, 0.2) is 0 Å². The lowest BCUT2D eigenvalue weighted by Gasteiger charge is -2.30. The molecule has 0 heterocycles. The standard InChI is InChI=1S/C24H48O4/c1-3-4-5-6-7-8-9-10-11-12-13-14-15-16-17-18-19-23(27)24(28,21-25)20-22(2)26/h23,25,27-28H,3-21H2,1-2H3. The Morgan fingerprint density at radius 2 is 1.11 bits per heavy atom. The maximum Gasteiger partial charge on any atom is 0.132 e. The highest BCUT2D eigenvalue weighted by molar-refractivity contribution is 5.76. The van der Waals surface area contributed by atoms with E-state index in [4.69, 9.17) is 0 Å². The summed E-state index contributed by atoms with van der Waals surface area (Å²) in [6, 6.07) is 0. The van der Waals surface area contributed by atoms with Gasteiger partial charge in [-0.25, -0.2) is 0 Å². The Hall–Kier alpha value is -0.450. The van der Waals surface area contributed by atoms with Crippen molar-refractivity contribution in [3.05, 3.63) is 0 Å². The fourth-order valence-electron chi connectivity index (χ4n) is 3.86. The number of carbonyl (C=O) groups is 1. The van der Waals surface area contributed by atoms with E-state index in [2.05, 4.69) is 6.92 Å². The SMILES string of the molecule is CCCCCCCCCCCCCCCCCCC(O)C(O)(CO)CC(C)=O. The van der Waals surface area contributed by atoms with Gasteiger partial charge in [0.05, 0.1) is 12.7 Å². The minimum absolute atomic E-state index is 0.191. The third kappa shape index (κ3) is 15.5. The van der Waals surface area contributed by atoms with Crippen LogP contribution in [0.3, 0.4) is 0 Å². The van der Waals surface area contributed by atoms with Crippen molar-refractivity contribution >= 4 is 5.78 Å². The van der Waals surface area contributed by atoms with E-state index >= 15 is 0 Å². The Kier molecular flexibility index (Phi) is 18.3. The molecule has 2 unspecified atom stereocenters. The second-order valence-electron chi connectivity index (χ2n) is 8.75. The summed E-state index contributed by atoms with van der Waals surface area (Å²) >= 11 is 0. The number of rotatable bonds is 21. The van der Waals surface area contributed by atoms with Crippen molar-refractivity contribution in [3.8, 4) is 0 Å². The number of aliphatic hydroxyl groups excluding tert-OH is 2. The van der Waals surface area contributed by atoms with Gasteiger partial charge in [0, 0.05) is 6.42 Å². The molecule has 3 N–H and O–H groups in total. The lowest BCUT2D eigenvalue weighted by molar-refractivity contribution is -0.138. The van der Waals surface area contributed by atoms with E-state index in [0.717, 1.165) is 19.3 Å². The van der Waals surface area contributed by atoms with Gasteiger partial charge in [0.2, 0.25) is 0 Å². The molecule has 0 aliphatic carbocycles. The predicted molar refractivity (Wildman–Crippen MR) is 118 cm³/mol. The first-order valence-electron chi connectivity index (χ1n) is 12.0. The summed E-state index contributed by atoms with van der Waals surface area (Å²) in [7, 11) is 0. The average Bonchev–Trinajstić information content (AvgIpc) is 2.66. The van der Waals surface area contributed by atoms with Crippen molar-refractivity contribution in [2.45, 2.75) is 141 Å². The topological polar surface area (TPSA) is 77.8 Å². The van der Waals surface area contributed by atoms with Crippen LogP contribution in [0.4, 0.5) is 0 Å². The summed E-state index contributed by atoms with van der Waals surface area (Å²) in [5, 5.41) is 29.5. The first-order chi connectivity index (χ1) is 13.5. The van der Waals surface area contributed by atoms with E-state index < -0.39 is 18.3 Å². The van der Waals surface area contributed by atoms with Gasteiger partial charge in [-0.15, -0.1) is 0 Å². The monoisotopic (exact) mass is 400 g/mol. The summed E-state index contributed by atoms with van der Waals surface area (Å²) in [6.07, 6.45) is 19.9. The Balaban J connectivity index is 3.40. The van der Waals surface area contributed by atoms with Gasteiger partial charge in [-0.05, 0) is 13.3 Å².